The Bertz CT molecular complexity index is 900. The van der Waals surface area contributed by atoms with Crippen LogP contribution in [0.25, 0.3) is 0 Å². The molecule has 0 saturated heterocycles. The number of carbonyl (C=O) groups excluding carboxylic acids is 2. The van der Waals surface area contributed by atoms with Crippen molar-refractivity contribution >= 4 is 11.9 Å². The summed E-state index contributed by atoms with van der Waals surface area (Å²) in [6, 6.07) is -0.703. The minimum atomic E-state index is -0.789. The molecule has 0 aromatic rings. The predicted octanol–water partition coefficient (Wildman–Crippen LogP) is 13.3. The molecule has 1 amide bonds. The molecule has 3 unspecified atom stereocenters. The van der Waals surface area contributed by atoms with Crippen molar-refractivity contribution < 1.29 is 24.5 Å². The van der Waals surface area contributed by atoms with E-state index in [2.05, 4.69) is 62.5 Å². The maximum Gasteiger partial charge on any atom is 0.306 e. The fraction of sp³-hybridized carbons (Fsp3) is 0.833. The molecule has 0 spiro atoms. The Morgan fingerprint density at radius 2 is 1.02 bits per heavy atom. The zero-order valence-corrected chi connectivity index (χ0v) is 35.9. The van der Waals surface area contributed by atoms with Crippen molar-refractivity contribution in [3.63, 3.8) is 0 Å². The van der Waals surface area contributed by atoms with Gasteiger partial charge in [0.05, 0.1) is 25.2 Å². The van der Waals surface area contributed by atoms with Gasteiger partial charge in [-0.2, -0.15) is 0 Å². The van der Waals surface area contributed by atoms with Gasteiger partial charge in [0, 0.05) is 6.42 Å². The Morgan fingerprint density at radius 3 is 1.59 bits per heavy atom. The van der Waals surface area contributed by atoms with Gasteiger partial charge in [0.15, 0.2) is 0 Å². The first-order chi connectivity index (χ1) is 26.5. The summed E-state index contributed by atoms with van der Waals surface area (Å²) in [5.41, 5.74) is 0. The van der Waals surface area contributed by atoms with E-state index >= 15 is 0 Å². The Balaban J connectivity index is 4.52. The summed E-state index contributed by atoms with van der Waals surface area (Å²) in [7, 11) is 0. The molecule has 3 N–H and O–H groups in total. The average Bonchev–Trinajstić information content (AvgIpc) is 3.16. The van der Waals surface area contributed by atoms with Crippen LogP contribution in [0.5, 0.6) is 0 Å². The van der Waals surface area contributed by atoms with Crippen molar-refractivity contribution in [1.29, 1.82) is 0 Å². The van der Waals surface area contributed by atoms with Gasteiger partial charge in [-0.3, -0.25) is 9.59 Å². The van der Waals surface area contributed by atoms with E-state index in [1.807, 2.05) is 0 Å². The lowest BCUT2D eigenvalue weighted by molar-refractivity contribution is -0.151. The van der Waals surface area contributed by atoms with Crippen molar-refractivity contribution in [2.75, 3.05) is 6.61 Å². The van der Waals surface area contributed by atoms with Crippen LogP contribution in [0.2, 0.25) is 0 Å². The van der Waals surface area contributed by atoms with E-state index in [9.17, 15) is 19.8 Å². The molecule has 0 radical (unpaired) electrons. The van der Waals surface area contributed by atoms with Gasteiger partial charge in [-0.25, -0.2) is 0 Å². The third kappa shape index (κ3) is 37.0. The average molecular weight is 760 g/mol. The zero-order chi connectivity index (χ0) is 39.6. The van der Waals surface area contributed by atoms with Crippen molar-refractivity contribution in [1.82, 2.24) is 5.32 Å². The normalized spacial score (nSPS) is 13.6. The number of amides is 1. The van der Waals surface area contributed by atoms with Gasteiger partial charge in [0.1, 0.15) is 6.10 Å². The standard InChI is InChI=1S/C48H89NO5/c1-4-7-10-13-16-19-21-23-24-26-29-32-35-38-41-48(53)54-44(39-36-33-30-27-18-15-12-9-6-3)42-47(52)49-45(43-50)46(51)40-37-34-31-28-25-22-20-17-14-11-8-5-2/h7,10,15-16,18-19,44-46,50-51H,4-6,8-9,11-14,17,20-43H2,1-3H3,(H,49,52)/b10-7+,18-15-,19-16+. The SMILES string of the molecule is CC/C=C/C/C=C/CCCCCCCCCC(=O)OC(CCCCC/C=C\CCCC)CC(=O)NC(CO)C(O)CCCCCCCCCCCCCC. The van der Waals surface area contributed by atoms with Crippen LogP contribution in [-0.2, 0) is 14.3 Å². The molecule has 0 aromatic carbocycles. The Kier molecular flexibility index (Phi) is 40.7. The molecular weight excluding hydrogens is 671 g/mol. The highest BCUT2D eigenvalue weighted by molar-refractivity contribution is 5.77. The second-order valence-corrected chi connectivity index (χ2v) is 15.8. The maximum absolute atomic E-state index is 13.1. The molecule has 0 fully saturated rings. The van der Waals surface area contributed by atoms with Crippen LogP contribution in [-0.4, -0.2) is 46.9 Å². The first-order valence-corrected chi connectivity index (χ1v) is 23.2. The van der Waals surface area contributed by atoms with Gasteiger partial charge in [0.25, 0.3) is 0 Å². The number of hydrogen-bond donors (Lipinski definition) is 3. The van der Waals surface area contributed by atoms with Crippen molar-refractivity contribution in [2.45, 2.75) is 251 Å². The number of rotatable bonds is 41. The topological polar surface area (TPSA) is 95.9 Å². The van der Waals surface area contributed by atoms with Crippen LogP contribution in [0.4, 0.5) is 0 Å². The number of ether oxygens (including phenoxy) is 1. The predicted molar refractivity (Wildman–Crippen MR) is 232 cm³/mol. The van der Waals surface area contributed by atoms with Crippen LogP contribution in [0.3, 0.4) is 0 Å². The van der Waals surface area contributed by atoms with Crippen LogP contribution in [0.1, 0.15) is 233 Å². The summed E-state index contributed by atoms with van der Waals surface area (Å²) in [4.78, 5) is 25.9. The van der Waals surface area contributed by atoms with Crippen LogP contribution in [0, 0.1) is 0 Å². The van der Waals surface area contributed by atoms with E-state index in [1.54, 1.807) is 0 Å². The van der Waals surface area contributed by atoms with Gasteiger partial charge in [-0.15, -0.1) is 0 Å². The van der Waals surface area contributed by atoms with Crippen LogP contribution < -0.4 is 5.32 Å². The molecule has 0 bridgehead atoms. The summed E-state index contributed by atoms with van der Waals surface area (Å²) in [5, 5.41) is 23.6. The number of unbranched alkanes of at least 4 members (excludes halogenated alkanes) is 23. The molecule has 0 aliphatic carbocycles. The highest BCUT2D eigenvalue weighted by Gasteiger charge is 2.24. The van der Waals surface area contributed by atoms with E-state index in [0.29, 0.717) is 19.3 Å². The first kappa shape index (κ1) is 52.1. The molecule has 0 saturated carbocycles. The van der Waals surface area contributed by atoms with Crippen LogP contribution >= 0.6 is 0 Å². The number of aliphatic hydroxyl groups excluding tert-OH is 2. The number of esters is 1. The lowest BCUT2D eigenvalue weighted by Gasteiger charge is -2.24. The Labute approximate surface area is 334 Å². The minimum absolute atomic E-state index is 0.0646. The van der Waals surface area contributed by atoms with Gasteiger partial charge < -0.3 is 20.3 Å². The summed E-state index contributed by atoms with van der Waals surface area (Å²) >= 11 is 0. The van der Waals surface area contributed by atoms with Crippen LogP contribution in [0.15, 0.2) is 36.5 Å². The fourth-order valence-electron chi connectivity index (χ4n) is 6.92. The zero-order valence-electron chi connectivity index (χ0n) is 35.9. The van der Waals surface area contributed by atoms with Crippen molar-refractivity contribution in [3.05, 3.63) is 36.5 Å². The van der Waals surface area contributed by atoms with Crippen molar-refractivity contribution in [3.8, 4) is 0 Å². The molecule has 54 heavy (non-hydrogen) atoms. The minimum Gasteiger partial charge on any atom is -0.462 e. The summed E-state index contributed by atoms with van der Waals surface area (Å²) in [6.07, 6.45) is 47.8. The summed E-state index contributed by atoms with van der Waals surface area (Å²) in [6.45, 7) is 6.32. The molecule has 316 valence electrons. The molecule has 0 aliphatic rings. The van der Waals surface area contributed by atoms with Gasteiger partial charge in [0.2, 0.25) is 5.91 Å². The molecule has 6 nitrogen and oxygen atoms in total. The highest BCUT2D eigenvalue weighted by Crippen LogP contribution is 2.17. The Morgan fingerprint density at radius 1 is 0.556 bits per heavy atom. The molecule has 0 aromatic heterocycles. The number of hydrogen-bond acceptors (Lipinski definition) is 5. The van der Waals surface area contributed by atoms with Gasteiger partial charge >= 0.3 is 5.97 Å². The number of nitrogens with one attached hydrogen (secondary N) is 1. The molecule has 0 rings (SSSR count). The highest BCUT2D eigenvalue weighted by atomic mass is 16.5. The molecule has 3 atom stereocenters. The quantitative estimate of drug-likeness (QED) is 0.0328. The lowest BCUT2D eigenvalue weighted by Crippen LogP contribution is -2.46. The largest absolute Gasteiger partial charge is 0.462 e. The second-order valence-electron chi connectivity index (χ2n) is 15.8. The number of allylic oxidation sites excluding steroid dienone is 6. The lowest BCUT2D eigenvalue weighted by atomic mass is 10.0. The number of aliphatic hydroxyl groups is 2. The summed E-state index contributed by atoms with van der Waals surface area (Å²) in [5.74, 6) is -0.499. The van der Waals surface area contributed by atoms with E-state index in [4.69, 9.17) is 4.74 Å². The van der Waals surface area contributed by atoms with E-state index in [0.717, 1.165) is 89.9 Å². The fourth-order valence-corrected chi connectivity index (χ4v) is 6.92. The molecule has 0 aliphatic heterocycles. The molecular formula is C48H89NO5. The molecule has 0 heterocycles. The smallest absolute Gasteiger partial charge is 0.306 e. The van der Waals surface area contributed by atoms with E-state index in [1.165, 1.54) is 96.3 Å². The van der Waals surface area contributed by atoms with E-state index < -0.39 is 18.2 Å². The third-order valence-corrected chi connectivity index (χ3v) is 10.5. The Hall–Kier alpha value is -1.92. The maximum atomic E-state index is 13.1. The first-order valence-electron chi connectivity index (χ1n) is 23.2. The molecule has 6 heteroatoms. The number of carbonyl (C=O) groups is 2. The van der Waals surface area contributed by atoms with Crippen molar-refractivity contribution in [2.24, 2.45) is 0 Å². The van der Waals surface area contributed by atoms with Gasteiger partial charge in [-0.1, -0.05) is 186 Å². The summed E-state index contributed by atoms with van der Waals surface area (Å²) < 4.78 is 5.88. The third-order valence-electron chi connectivity index (χ3n) is 10.5. The second kappa shape index (κ2) is 42.2. The van der Waals surface area contributed by atoms with Gasteiger partial charge in [-0.05, 0) is 70.6 Å². The van der Waals surface area contributed by atoms with E-state index in [-0.39, 0.29) is 24.9 Å². The monoisotopic (exact) mass is 760 g/mol.